The average Bonchev–Trinajstić information content (AvgIpc) is 4.07. The maximum atomic E-state index is 14.7. The van der Waals surface area contributed by atoms with Crippen molar-refractivity contribution in [2.75, 3.05) is 93.1 Å². The maximum Gasteiger partial charge on any atom is 0.348 e. The molecule has 0 radical (unpaired) electrons. The maximum absolute atomic E-state index is 14.7. The molecular formula is C59H72Cl2N6O10S. The van der Waals surface area contributed by atoms with Crippen molar-refractivity contribution >= 4 is 50.7 Å². The molecule has 16 nitrogen and oxygen atoms in total. The summed E-state index contributed by atoms with van der Waals surface area (Å²) in [5, 5.41) is 1.53. The van der Waals surface area contributed by atoms with Crippen LogP contribution in [0.4, 0.5) is 0 Å². The van der Waals surface area contributed by atoms with Gasteiger partial charge in [-0.1, -0.05) is 42.5 Å². The summed E-state index contributed by atoms with van der Waals surface area (Å²) < 4.78 is 55.4. The van der Waals surface area contributed by atoms with E-state index in [4.69, 9.17) is 80.8 Å². The van der Waals surface area contributed by atoms with Gasteiger partial charge in [0.15, 0.2) is 11.6 Å². The van der Waals surface area contributed by atoms with E-state index in [1.165, 1.54) is 17.6 Å². The van der Waals surface area contributed by atoms with E-state index in [2.05, 4.69) is 21.8 Å². The van der Waals surface area contributed by atoms with Crippen molar-refractivity contribution in [1.29, 1.82) is 0 Å². The first kappa shape index (κ1) is 57.3. The molecule has 2 atom stereocenters. The molecule has 10 rings (SSSR count). The molecule has 1 saturated heterocycles. The van der Waals surface area contributed by atoms with E-state index in [0.29, 0.717) is 102 Å². The van der Waals surface area contributed by atoms with Crippen LogP contribution < -0.4 is 23.7 Å². The zero-order valence-corrected chi connectivity index (χ0v) is 48.2. The van der Waals surface area contributed by atoms with Crippen LogP contribution >= 0.6 is 34.5 Å². The van der Waals surface area contributed by atoms with Crippen molar-refractivity contribution in [2.45, 2.75) is 103 Å². The van der Waals surface area contributed by atoms with Gasteiger partial charge in [0.2, 0.25) is 12.0 Å². The van der Waals surface area contributed by atoms with Gasteiger partial charge in [-0.15, -0.1) is 11.3 Å². The lowest BCUT2D eigenvalue weighted by atomic mass is 9.83. The van der Waals surface area contributed by atoms with Gasteiger partial charge < -0.3 is 47.5 Å². The van der Waals surface area contributed by atoms with Crippen molar-refractivity contribution in [3.63, 3.8) is 0 Å². The fraction of sp³-hybridized carbons (Fsp3) is 0.508. The van der Waals surface area contributed by atoms with Crippen LogP contribution in [0.5, 0.6) is 28.9 Å². The third-order valence-corrected chi connectivity index (χ3v) is 16.3. The Morgan fingerprint density at radius 1 is 0.821 bits per heavy atom. The van der Waals surface area contributed by atoms with Crippen LogP contribution in [-0.4, -0.2) is 147 Å². The van der Waals surface area contributed by atoms with Gasteiger partial charge in [-0.3, -0.25) is 4.90 Å². The number of aromatic nitrogens is 4. The lowest BCUT2D eigenvalue weighted by Gasteiger charge is -2.35. The van der Waals surface area contributed by atoms with Crippen LogP contribution in [0, 0.1) is 13.8 Å². The van der Waals surface area contributed by atoms with Gasteiger partial charge in [0, 0.05) is 74.0 Å². The minimum Gasteiger partial charge on any atom is -0.491 e. The third kappa shape index (κ3) is 14.5. The summed E-state index contributed by atoms with van der Waals surface area (Å²) >= 11 is 16.6. The zero-order chi connectivity index (χ0) is 54.8. The number of carbonyl (C=O) groups is 1. The van der Waals surface area contributed by atoms with Crippen molar-refractivity contribution in [3.05, 3.63) is 98.4 Å². The monoisotopic (exact) mass is 1130 g/mol. The van der Waals surface area contributed by atoms with Crippen LogP contribution in [0.25, 0.3) is 32.7 Å². The number of likely N-dealkylation sites (N-methyl/N-ethyl adjacent to an activating group) is 1. The Morgan fingerprint density at radius 2 is 1.54 bits per heavy atom. The molecule has 19 heteroatoms. The number of piperazine rings is 1. The van der Waals surface area contributed by atoms with Crippen LogP contribution in [0.15, 0.2) is 61.1 Å². The highest BCUT2D eigenvalue weighted by atomic mass is 35.5. The Kier molecular flexibility index (Phi) is 19.6. The lowest BCUT2D eigenvalue weighted by molar-refractivity contribution is -0.163. The number of rotatable bonds is 18. The molecule has 0 N–H and O–H groups in total. The second-order valence-electron chi connectivity index (χ2n) is 21.1. The van der Waals surface area contributed by atoms with Crippen molar-refractivity contribution in [3.8, 4) is 51.4 Å². The second-order valence-corrected chi connectivity index (χ2v) is 22.9. The largest absolute Gasteiger partial charge is 0.491 e. The van der Waals surface area contributed by atoms with Gasteiger partial charge in [0.1, 0.15) is 59.9 Å². The second kappa shape index (κ2) is 26.7. The van der Waals surface area contributed by atoms with Crippen LogP contribution in [0.1, 0.15) is 86.1 Å². The first-order valence-electron chi connectivity index (χ1n) is 27.0. The van der Waals surface area contributed by atoms with Crippen LogP contribution in [0.2, 0.25) is 10.0 Å². The van der Waals surface area contributed by atoms with E-state index >= 15 is 0 Å². The Labute approximate surface area is 471 Å². The highest BCUT2D eigenvalue weighted by Gasteiger charge is 2.35. The smallest absolute Gasteiger partial charge is 0.348 e. The Hall–Kier alpha value is -5.37. The molecule has 3 aromatic carbocycles. The molecule has 3 aliphatic heterocycles. The van der Waals surface area contributed by atoms with Crippen LogP contribution in [-0.2, 0) is 36.8 Å². The molecule has 0 spiro atoms. The molecular weight excluding hydrogens is 1060 g/mol. The molecule has 4 bridgehead atoms. The molecule has 418 valence electrons. The minimum absolute atomic E-state index is 0.0337. The summed E-state index contributed by atoms with van der Waals surface area (Å²) in [5.74, 6) is 2.62. The molecule has 2 fully saturated rings. The number of esters is 1. The minimum atomic E-state index is -1.19. The van der Waals surface area contributed by atoms with E-state index in [9.17, 15) is 4.79 Å². The predicted molar refractivity (Wildman–Crippen MR) is 303 cm³/mol. The number of hydrogen-bond acceptors (Lipinski definition) is 17. The molecule has 78 heavy (non-hydrogen) atoms. The Bertz CT molecular complexity index is 2950. The van der Waals surface area contributed by atoms with E-state index in [0.717, 1.165) is 84.5 Å². The van der Waals surface area contributed by atoms with Gasteiger partial charge in [-0.2, -0.15) is 0 Å². The number of fused-ring (bicyclic) bond motifs is 7. The van der Waals surface area contributed by atoms with Gasteiger partial charge in [0.05, 0.1) is 54.2 Å². The topological polar surface area (TPSA) is 158 Å². The normalized spacial score (nSPS) is 17.8. The number of carbonyl (C=O) groups excluding carboxylic acids is 1. The number of methoxy groups -OCH3 is 1. The third-order valence-electron chi connectivity index (χ3n) is 14.2. The van der Waals surface area contributed by atoms with Crippen LogP contribution in [0.3, 0.4) is 0 Å². The number of benzene rings is 3. The number of nitrogens with zero attached hydrogens (tertiary/aromatic N) is 6. The van der Waals surface area contributed by atoms with Crippen molar-refractivity contribution in [2.24, 2.45) is 0 Å². The number of hydrogen-bond donors (Lipinski definition) is 0. The summed E-state index contributed by atoms with van der Waals surface area (Å²) in [6.07, 6.45) is 7.06. The molecule has 1 saturated carbocycles. The van der Waals surface area contributed by atoms with Gasteiger partial charge >= 0.3 is 5.97 Å². The zero-order valence-electron chi connectivity index (χ0n) is 45.9. The highest BCUT2D eigenvalue weighted by Crippen LogP contribution is 2.53. The number of thiophene rings is 1. The summed E-state index contributed by atoms with van der Waals surface area (Å²) in [5.41, 5.74) is 4.68. The Balaban J connectivity index is 1.05. The standard InChI is InChI=1S/C59H72Cl2N6O10S/c1-37-48-38(2)52(61)53(51(37)60)75-45(33-67-23-21-66(6)22-24-67)35-73-44-17-18-46(74-34-42-19-20-62-55(65-42)40-13-15-43(16-14-40)72-30-29-71-28-27-70-26-25-69-7)41(31-44)32-47(58(68)77-59(3,4)5)76-56-50-49(48)54(39-11-9-8-10-12-39)78-57(50)64-36-63-56/h13-20,31,36,39,45,47H,8-12,21-30,32-35H2,1-7H3/t45-,47-/m1/s1. The SMILES string of the molecule is COCCOCCOCCOc1ccc(-c2nccc(COc3ccc4cc3C[C@H](C(=O)OC(C)(C)C)Oc3ncnc5sc(C6CCCCC6)c(c35)-c3c(C)c(Cl)c(c(Cl)c3C)O[C@H](CN3CCN(C)CC3)CO4)n2)cc1. The summed E-state index contributed by atoms with van der Waals surface area (Å²) in [7, 11) is 3.78. The molecule has 0 amide bonds. The fourth-order valence-electron chi connectivity index (χ4n) is 10.1. The predicted octanol–water partition coefficient (Wildman–Crippen LogP) is 11.1. The number of ether oxygens (including phenoxy) is 9. The molecule has 4 aliphatic rings. The molecule has 6 heterocycles. The Morgan fingerprint density at radius 3 is 2.26 bits per heavy atom. The molecule has 0 unspecified atom stereocenters. The van der Waals surface area contributed by atoms with E-state index in [1.54, 1.807) is 24.6 Å². The van der Waals surface area contributed by atoms with Crippen molar-refractivity contribution < 1.29 is 47.4 Å². The fourth-order valence-corrected chi connectivity index (χ4v) is 11.9. The highest BCUT2D eigenvalue weighted by molar-refractivity contribution is 7.19. The lowest BCUT2D eigenvalue weighted by Crippen LogP contribution is -2.49. The van der Waals surface area contributed by atoms with Crippen molar-refractivity contribution in [1.82, 2.24) is 29.7 Å². The van der Waals surface area contributed by atoms with Gasteiger partial charge in [-0.25, -0.2) is 24.7 Å². The molecule has 6 aromatic rings. The molecule has 1 aliphatic carbocycles. The average molecular weight is 1130 g/mol. The first-order valence-corrected chi connectivity index (χ1v) is 28.6. The summed E-state index contributed by atoms with van der Waals surface area (Å²) in [4.78, 5) is 40.4. The summed E-state index contributed by atoms with van der Waals surface area (Å²) in [6.45, 7) is 16.9. The van der Waals surface area contributed by atoms with E-state index in [-0.39, 0.29) is 31.4 Å². The van der Waals surface area contributed by atoms with Gasteiger partial charge in [0.25, 0.3) is 0 Å². The molecule has 3 aromatic heterocycles. The van der Waals surface area contributed by atoms with Gasteiger partial charge in [-0.05, 0) is 126 Å². The van der Waals surface area contributed by atoms with E-state index < -0.39 is 23.8 Å². The quantitative estimate of drug-likeness (QED) is 0.0590. The first-order chi connectivity index (χ1) is 37.7. The van der Waals surface area contributed by atoms with E-state index in [1.807, 2.05) is 83.1 Å². The number of halogens is 2. The summed E-state index contributed by atoms with van der Waals surface area (Å²) in [6, 6.07) is 15.0.